The van der Waals surface area contributed by atoms with Gasteiger partial charge in [0.05, 0.1) is 11.6 Å². The Morgan fingerprint density at radius 1 is 1.00 bits per heavy atom. The highest BCUT2D eigenvalue weighted by Gasteiger charge is 2.42. The molecule has 0 spiro atoms. The quantitative estimate of drug-likeness (QED) is 0.438. The number of hydrogen-bond donors (Lipinski definition) is 3. The molecule has 3 N–H and O–H groups in total. The van der Waals surface area contributed by atoms with Gasteiger partial charge in [0.15, 0.2) is 0 Å². The molecule has 3 heterocycles. The molecule has 1 aromatic heterocycles. The molecule has 2 amide bonds. The average Bonchev–Trinajstić information content (AvgIpc) is 3.37. The monoisotopic (exact) mass is 469 g/mol. The van der Waals surface area contributed by atoms with E-state index in [4.69, 9.17) is 4.98 Å². The molecule has 4 atom stereocenters. The van der Waals surface area contributed by atoms with Crippen molar-refractivity contribution >= 4 is 28.4 Å². The Bertz CT molecular complexity index is 1230. The second-order valence-electron chi connectivity index (χ2n) is 10.7. The molecule has 6 nitrogen and oxygen atoms in total. The normalized spacial score (nSPS) is 25.6. The summed E-state index contributed by atoms with van der Waals surface area (Å²) in [7, 11) is 0. The zero-order valence-electron chi connectivity index (χ0n) is 20.6. The molecule has 35 heavy (non-hydrogen) atoms. The first-order valence-corrected chi connectivity index (χ1v) is 13.1. The minimum Gasteiger partial charge on any atom is -0.363 e. The van der Waals surface area contributed by atoms with E-state index in [1.807, 2.05) is 24.3 Å². The number of piperidine rings is 1. The predicted molar refractivity (Wildman–Crippen MR) is 142 cm³/mol. The molecule has 182 valence electrons. The highest BCUT2D eigenvalue weighted by molar-refractivity contribution is 5.93. The van der Waals surface area contributed by atoms with E-state index in [1.165, 1.54) is 24.0 Å². The highest BCUT2D eigenvalue weighted by Crippen LogP contribution is 2.37. The van der Waals surface area contributed by atoms with Crippen LogP contribution in [0.25, 0.3) is 10.9 Å². The molecule has 6 heteroatoms. The summed E-state index contributed by atoms with van der Waals surface area (Å²) in [5.41, 5.74) is 4.52. The summed E-state index contributed by atoms with van der Waals surface area (Å²) in [5, 5.41) is 10.9. The summed E-state index contributed by atoms with van der Waals surface area (Å²) in [5.74, 6) is 0.889. The molecule has 2 aromatic carbocycles. The van der Waals surface area contributed by atoms with Crippen LogP contribution in [0.2, 0.25) is 0 Å². The van der Waals surface area contributed by atoms with Crippen LogP contribution in [0.3, 0.4) is 0 Å². The van der Waals surface area contributed by atoms with Crippen LogP contribution in [0.1, 0.15) is 63.1 Å². The van der Waals surface area contributed by atoms with Crippen LogP contribution in [0.5, 0.6) is 0 Å². The standard InChI is InChI=1S/C29H35N5O/c1-18(2)34-23-10-11-24(34)17-22(16-23)31-29(35)30-21-9-13-26-20(15-21)8-14-28(32-26)33-27-12-7-19-5-3-4-6-25(19)27/h3-6,8-9,13-15,18,22-24,27H,7,10-12,16-17H2,1-2H3,(H,32,33)(H2,30,31,35)/t22-,23-,24+,27-/m1/s1. The van der Waals surface area contributed by atoms with Gasteiger partial charge in [-0.15, -0.1) is 0 Å². The first-order valence-electron chi connectivity index (χ1n) is 13.1. The lowest BCUT2D eigenvalue weighted by Gasteiger charge is -2.41. The van der Waals surface area contributed by atoms with Gasteiger partial charge in [0.2, 0.25) is 0 Å². The second-order valence-corrected chi connectivity index (χ2v) is 10.7. The van der Waals surface area contributed by atoms with Crippen LogP contribution in [0.4, 0.5) is 16.3 Å². The van der Waals surface area contributed by atoms with Gasteiger partial charge < -0.3 is 16.0 Å². The summed E-state index contributed by atoms with van der Waals surface area (Å²) >= 11 is 0. The van der Waals surface area contributed by atoms with Gasteiger partial charge in [0.1, 0.15) is 5.82 Å². The maximum Gasteiger partial charge on any atom is 0.319 e. The molecule has 0 radical (unpaired) electrons. The molecular formula is C29H35N5O. The number of fused-ring (bicyclic) bond motifs is 4. The molecule has 2 fully saturated rings. The van der Waals surface area contributed by atoms with Crippen molar-refractivity contribution in [1.82, 2.24) is 15.2 Å². The van der Waals surface area contributed by atoms with Crippen LogP contribution in [0, 0.1) is 0 Å². The lowest BCUT2D eigenvalue weighted by molar-refractivity contribution is 0.0876. The molecule has 2 saturated heterocycles. The predicted octanol–water partition coefficient (Wildman–Crippen LogP) is 5.86. The third-order valence-electron chi connectivity index (χ3n) is 8.12. The highest BCUT2D eigenvalue weighted by atomic mass is 16.2. The molecule has 2 aliphatic heterocycles. The van der Waals surface area contributed by atoms with Gasteiger partial charge >= 0.3 is 6.03 Å². The molecule has 3 aliphatic rings. The smallest absolute Gasteiger partial charge is 0.319 e. The Labute approximate surface area is 207 Å². The van der Waals surface area contributed by atoms with Gasteiger partial charge in [-0.3, -0.25) is 4.90 Å². The number of urea groups is 1. The van der Waals surface area contributed by atoms with Crippen molar-refractivity contribution < 1.29 is 4.79 Å². The number of aromatic nitrogens is 1. The van der Waals surface area contributed by atoms with Gasteiger partial charge in [0.25, 0.3) is 0 Å². The number of aryl methyl sites for hydroxylation is 1. The molecular weight excluding hydrogens is 434 g/mol. The molecule has 2 bridgehead atoms. The van der Waals surface area contributed by atoms with Gasteiger partial charge in [0, 0.05) is 35.2 Å². The molecule has 0 unspecified atom stereocenters. The van der Waals surface area contributed by atoms with Gasteiger partial charge in [-0.25, -0.2) is 9.78 Å². The maximum atomic E-state index is 12.8. The maximum absolute atomic E-state index is 12.8. The van der Waals surface area contributed by atoms with Gasteiger partial charge in [-0.2, -0.15) is 0 Å². The fourth-order valence-corrected chi connectivity index (χ4v) is 6.70. The van der Waals surface area contributed by atoms with Crippen molar-refractivity contribution in [3.05, 3.63) is 65.7 Å². The Hall–Kier alpha value is -3.12. The van der Waals surface area contributed by atoms with Crippen molar-refractivity contribution in [2.75, 3.05) is 10.6 Å². The molecule has 6 rings (SSSR count). The summed E-state index contributed by atoms with van der Waals surface area (Å²) < 4.78 is 0. The van der Waals surface area contributed by atoms with Crippen molar-refractivity contribution in [3.8, 4) is 0 Å². The first kappa shape index (κ1) is 22.4. The molecule has 0 saturated carbocycles. The number of benzene rings is 2. The second kappa shape index (κ2) is 9.15. The Morgan fingerprint density at radius 3 is 2.60 bits per heavy atom. The SMILES string of the molecule is CC(C)N1[C@@H]2CC[C@H]1C[C@H](NC(=O)Nc1ccc3nc(N[C@@H]4CCc5ccccc54)ccc3c1)C2. The summed E-state index contributed by atoms with van der Waals surface area (Å²) in [4.78, 5) is 20.2. The van der Waals surface area contributed by atoms with E-state index in [2.05, 4.69) is 65.0 Å². The number of hydrogen-bond acceptors (Lipinski definition) is 4. The van der Waals surface area contributed by atoms with Gasteiger partial charge in [-0.1, -0.05) is 24.3 Å². The van der Waals surface area contributed by atoms with E-state index in [0.29, 0.717) is 24.2 Å². The van der Waals surface area contributed by atoms with E-state index in [-0.39, 0.29) is 12.1 Å². The van der Waals surface area contributed by atoms with Crippen LogP contribution in [-0.4, -0.2) is 40.1 Å². The number of amides is 2. The van der Waals surface area contributed by atoms with E-state index in [0.717, 1.165) is 48.1 Å². The van der Waals surface area contributed by atoms with E-state index >= 15 is 0 Å². The molecule has 1 aliphatic carbocycles. The zero-order valence-corrected chi connectivity index (χ0v) is 20.6. The average molecular weight is 470 g/mol. The number of nitrogens with zero attached hydrogens (tertiary/aromatic N) is 2. The largest absolute Gasteiger partial charge is 0.363 e. The number of carbonyl (C=O) groups excluding carboxylic acids is 1. The Kier molecular flexibility index (Phi) is 5.85. The zero-order chi connectivity index (χ0) is 23.9. The van der Waals surface area contributed by atoms with Gasteiger partial charge in [-0.05, 0) is 93.8 Å². The summed E-state index contributed by atoms with van der Waals surface area (Å²) in [6.07, 6.45) is 6.80. The van der Waals surface area contributed by atoms with Crippen molar-refractivity contribution in [2.24, 2.45) is 0 Å². The minimum atomic E-state index is -0.113. The lowest BCUT2D eigenvalue weighted by Crippen LogP contribution is -2.53. The summed E-state index contributed by atoms with van der Waals surface area (Å²) in [6, 6.07) is 20.9. The lowest BCUT2D eigenvalue weighted by atomic mass is 9.96. The topological polar surface area (TPSA) is 69.3 Å². The first-order chi connectivity index (χ1) is 17.0. The van der Waals surface area contributed by atoms with Crippen LogP contribution in [-0.2, 0) is 6.42 Å². The van der Waals surface area contributed by atoms with E-state index < -0.39 is 0 Å². The van der Waals surface area contributed by atoms with Crippen molar-refractivity contribution in [1.29, 1.82) is 0 Å². The number of anilines is 2. The van der Waals surface area contributed by atoms with Crippen molar-refractivity contribution in [2.45, 2.75) is 82.6 Å². The third-order valence-corrected chi connectivity index (χ3v) is 8.12. The Morgan fingerprint density at radius 2 is 1.80 bits per heavy atom. The number of rotatable bonds is 5. The fraction of sp³-hybridized carbons (Fsp3) is 0.448. The van der Waals surface area contributed by atoms with E-state index in [1.54, 1.807) is 0 Å². The van der Waals surface area contributed by atoms with Crippen LogP contribution in [0.15, 0.2) is 54.6 Å². The van der Waals surface area contributed by atoms with Crippen molar-refractivity contribution in [3.63, 3.8) is 0 Å². The van der Waals surface area contributed by atoms with E-state index in [9.17, 15) is 4.79 Å². The number of carbonyl (C=O) groups is 1. The molecule has 3 aromatic rings. The number of pyridine rings is 1. The van der Waals surface area contributed by atoms with Crippen LogP contribution >= 0.6 is 0 Å². The minimum absolute atomic E-state index is 0.113. The summed E-state index contributed by atoms with van der Waals surface area (Å²) in [6.45, 7) is 4.57. The fourth-order valence-electron chi connectivity index (χ4n) is 6.70. The Balaban J connectivity index is 1.08. The third kappa shape index (κ3) is 4.47. The number of nitrogens with one attached hydrogen (secondary N) is 3. The van der Waals surface area contributed by atoms with Crippen LogP contribution < -0.4 is 16.0 Å².